The Morgan fingerprint density at radius 1 is 1.62 bits per heavy atom. The molecule has 3 unspecified atom stereocenters. The Kier molecular flexibility index (Phi) is 2.13. The van der Waals surface area contributed by atoms with Crippen LogP contribution in [-0.2, 0) is 9.84 Å². The normalized spacial score (nSPS) is 39.5. The predicted octanol–water partition coefficient (Wildman–Crippen LogP) is -0.795. The van der Waals surface area contributed by atoms with Crippen molar-refractivity contribution in [3.63, 3.8) is 0 Å². The zero-order chi connectivity index (χ0) is 9.64. The van der Waals surface area contributed by atoms with E-state index in [1.807, 2.05) is 0 Å². The molecule has 0 aromatic heterocycles. The third-order valence-electron chi connectivity index (χ3n) is 3.26. The van der Waals surface area contributed by atoms with Crippen molar-refractivity contribution in [3.05, 3.63) is 0 Å². The predicted molar refractivity (Wildman–Crippen MR) is 51.2 cm³/mol. The summed E-state index contributed by atoms with van der Waals surface area (Å²) in [4.78, 5) is 2.24. The fourth-order valence-electron chi connectivity index (χ4n) is 2.40. The summed E-state index contributed by atoms with van der Waals surface area (Å²) < 4.78 is 22.8. The van der Waals surface area contributed by atoms with E-state index in [2.05, 4.69) is 11.8 Å². The lowest BCUT2D eigenvalue weighted by molar-refractivity contribution is 0.205. The van der Waals surface area contributed by atoms with Crippen LogP contribution in [0.5, 0.6) is 0 Å². The summed E-state index contributed by atoms with van der Waals surface area (Å²) in [6.45, 7) is 3.38. The first kappa shape index (κ1) is 9.43. The molecule has 0 aliphatic carbocycles. The molecule has 2 rings (SSSR count). The molecular formula is C8H16N2O2S. The molecule has 5 heteroatoms. The molecule has 76 valence electrons. The molecule has 0 spiro atoms. The van der Waals surface area contributed by atoms with Crippen LogP contribution in [0.25, 0.3) is 0 Å². The molecule has 0 aromatic carbocycles. The molecule has 2 fully saturated rings. The maximum absolute atomic E-state index is 11.4. The van der Waals surface area contributed by atoms with Crippen molar-refractivity contribution in [2.75, 3.05) is 18.8 Å². The summed E-state index contributed by atoms with van der Waals surface area (Å²) in [5.74, 6) is 0.349. The maximum Gasteiger partial charge on any atom is 0.156 e. The summed E-state index contributed by atoms with van der Waals surface area (Å²) in [5, 5.41) is -0.105. The van der Waals surface area contributed by atoms with Crippen molar-refractivity contribution < 1.29 is 8.42 Å². The van der Waals surface area contributed by atoms with Crippen LogP contribution in [-0.4, -0.2) is 49.5 Å². The Morgan fingerprint density at radius 2 is 2.31 bits per heavy atom. The fraction of sp³-hybridized carbons (Fsp3) is 1.00. The van der Waals surface area contributed by atoms with Gasteiger partial charge < -0.3 is 5.73 Å². The highest BCUT2D eigenvalue weighted by atomic mass is 32.2. The quantitative estimate of drug-likeness (QED) is 0.640. The SMILES string of the molecule is CC(CN)N1CC2CC1CS2(=O)=O. The zero-order valence-corrected chi connectivity index (χ0v) is 8.63. The highest BCUT2D eigenvalue weighted by Crippen LogP contribution is 2.33. The number of rotatable bonds is 2. The number of nitrogens with two attached hydrogens (primary N) is 1. The molecule has 13 heavy (non-hydrogen) atoms. The molecule has 2 saturated heterocycles. The summed E-state index contributed by atoms with van der Waals surface area (Å²) in [5.41, 5.74) is 5.56. The molecule has 2 bridgehead atoms. The van der Waals surface area contributed by atoms with Gasteiger partial charge in [-0.25, -0.2) is 8.42 Å². The van der Waals surface area contributed by atoms with Crippen LogP contribution < -0.4 is 5.73 Å². The molecule has 2 aliphatic rings. The van der Waals surface area contributed by atoms with Gasteiger partial charge in [0.2, 0.25) is 0 Å². The highest BCUT2D eigenvalue weighted by molar-refractivity contribution is 7.92. The van der Waals surface area contributed by atoms with E-state index in [-0.39, 0.29) is 11.3 Å². The van der Waals surface area contributed by atoms with E-state index in [1.165, 1.54) is 0 Å². The van der Waals surface area contributed by atoms with E-state index in [4.69, 9.17) is 5.73 Å². The van der Waals surface area contributed by atoms with E-state index in [0.29, 0.717) is 24.9 Å². The fourth-order valence-corrected chi connectivity index (χ4v) is 4.45. The van der Waals surface area contributed by atoms with Crippen molar-refractivity contribution >= 4 is 9.84 Å². The van der Waals surface area contributed by atoms with Crippen LogP contribution >= 0.6 is 0 Å². The van der Waals surface area contributed by atoms with Crippen LogP contribution in [0.2, 0.25) is 0 Å². The Bertz CT molecular complexity index is 301. The number of sulfone groups is 1. The monoisotopic (exact) mass is 204 g/mol. The van der Waals surface area contributed by atoms with Crippen molar-refractivity contribution in [3.8, 4) is 0 Å². The Hall–Kier alpha value is -0.130. The smallest absolute Gasteiger partial charge is 0.156 e. The van der Waals surface area contributed by atoms with Crippen LogP contribution in [0.15, 0.2) is 0 Å². The first-order valence-corrected chi connectivity index (χ1v) is 6.43. The van der Waals surface area contributed by atoms with Gasteiger partial charge in [0.25, 0.3) is 0 Å². The standard InChI is InChI=1S/C8H16N2O2S/c1-6(3-9)10-4-8-2-7(10)5-13(8,11)12/h6-8H,2-5,9H2,1H3. The van der Waals surface area contributed by atoms with Crippen molar-refractivity contribution in [2.45, 2.75) is 30.7 Å². The molecular weight excluding hydrogens is 188 g/mol. The van der Waals surface area contributed by atoms with E-state index < -0.39 is 9.84 Å². The topological polar surface area (TPSA) is 63.4 Å². The first-order valence-electron chi connectivity index (χ1n) is 4.72. The van der Waals surface area contributed by atoms with Crippen molar-refractivity contribution in [1.82, 2.24) is 4.90 Å². The van der Waals surface area contributed by atoms with E-state index in [0.717, 1.165) is 6.42 Å². The minimum absolute atomic E-state index is 0.105. The molecule has 2 heterocycles. The third-order valence-corrected chi connectivity index (χ3v) is 5.46. The van der Waals surface area contributed by atoms with Gasteiger partial charge in [-0.2, -0.15) is 0 Å². The van der Waals surface area contributed by atoms with Gasteiger partial charge in [0.15, 0.2) is 9.84 Å². The number of fused-ring (bicyclic) bond motifs is 2. The number of likely N-dealkylation sites (tertiary alicyclic amines) is 1. The van der Waals surface area contributed by atoms with Gasteiger partial charge in [0.1, 0.15) is 0 Å². The average Bonchev–Trinajstić information content (AvgIpc) is 2.57. The molecule has 4 nitrogen and oxygen atoms in total. The second-order valence-electron chi connectivity index (χ2n) is 4.12. The third kappa shape index (κ3) is 1.39. The van der Waals surface area contributed by atoms with E-state index >= 15 is 0 Å². The van der Waals surface area contributed by atoms with Crippen molar-refractivity contribution in [2.24, 2.45) is 5.73 Å². The lowest BCUT2D eigenvalue weighted by atomic mass is 10.2. The highest BCUT2D eigenvalue weighted by Gasteiger charge is 2.49. The summed E-state index contributed by atoms with van der Waals surface area (Å²) in [6, 6.07) is 0.569. The maximum atomic E-state index is 11.4. The number of hydrogen-bond acceptors (Lipinski definition) is 4. The van der Waals surface area contributed by atoms with Crippen LogP contribution in [0.3, 0.4) is 0 Å². The summed E-state index contributed by atoms with van der Waals surface area (Å²) in [7, 11) is -2.74. The minimum atomic E-state index is -2.74. The van der Waals surface area contributed by atoms with Gasteiger partial charge in [-0.3, -0.25) is 4.90 Å². The Morgan fingerprint density at radius 3 is 2.69 bits per heavy atom. The summed E-state index contributed by atoms with van der Waals surface area (Å²) in [6.07, 6.45) is 0.826. The largest absolute Gasteiger partial charge is 0.329 e. The van der Waals surface area contributed by atoms with Crippen molar-refractivity contribution in [1.29, 1.82) is 0 Å². The Balaban J connectivity index is 2.11. The molecule has 2 N–H and O–H groups in total. The van der Waals surface area contributed by atoms with Gasteiger partial charge in [-0.05, 0) is 13.3 Å². The van der Waals surface area contributed by atoms with Crippen LogP contribution in [0.1, 0.15) is 13.3 Å². The van der Waals surface area contributed by atoms with Gasteiger partial charge >= 0.3 is 0 Å². The summed E-state index contributed by atoms with van der Waals surface area (Å²) >= 11 is 0. The van der Waals surface area contributed by atoms with Gasteiger partial charge in [-0.15, -0.1) is 0 Å². The lowest BCUT2D eigenvalue weighted by Gasteiger charge is -2.31. The number of hydrogen-bond donors (Lipinski definition) is 1. The lowest BCUT2D eigenvalue weighted by Crippen LogP contribution is -2.47. The first-order chi connectivity index (χ1) is 6.04. The number of nitrogens with zero attached hydrogens (tertiary/aromatic N) is 1. The molecule has 0 amide bonds. The van der Waals surface area contributed by atoms with E-state index in [1.54, 1.807) is 0 Å². The van der Waals surface area contributed by atoms with Gasteiger partial charge in [0.05, 0.1) is 11.0 Å². The second kappa shape index (κ2) is 2.93. The molecule has 3 atom stereocenters. The minimum Gasteiger partial charge on any atom is -0.329 e. The molecule has 2 aliphatic heterocycles. The second-order valence-corrected chi connectivity index (χ2v) is 6.45. The molecule has 0 saturated carbocycles. The van der Waals surface area contributed by atoms with Crippen LogP contribution in [0.4, 0.5) is 0 Å². The van der Waals surface area contributed by atoms with Crippen LogP contribution in [0, 0.1) is 0 Å². The van der Waals surface area contributed by atoms with Gasteiger partial charge in [-0.1, -0.05) is 0 Å². The Labute approximate surface area is 79.0 Å². The molecule has 0 aromatic rings. The van der Waals surface area contributed by atoms with Gasteiger partial charge in [0, 0.05) is 25.2 Å². The van der Waals surface area contributed by atoms with E-state index in [9.17, 15) is 8.42 Å². The molecule has 0 radical (unpaired) electrons. The average molecular weight is 204 g/mol. The zero-order valence-electron chi connectivity index (χ0n) is 7.81.